The minimum atomic E-state index is -4.37. The molecule has 1 atom stereocenters. The Kier molecular flexibility index (Phi) is 2.97. The molecule has 0 amide bonds. The lowest BCUT2D eigenvalue weighted by Crippen LogP contribution is -2.41. The summed E-state index contributed by atoms with van der Waals surface area (Å²) in [6, 6.07) is -0.0537. The second-order valence-corrected chi connectivity index (χ2v) is 4.89. The van der Waals surface area contributed by atoms with E-state index < -0.39 is 12.2 Å². The molecule has 0 aliphatic carbocycles. The highest BCUT2D eigenvalue weighted by Gasteiger charge is 2.48. The Morgan fingerprint density at radius 2 is 2.10 bits per heavy atom. The van der Waals surface area contributed by atoms with Crippen LogP contribution in [0.1, 0.15) is 17.2 Å². The maximum Gasteiger partial charge on any atom is 0.408 e. The van der Waals surface area contributed by atoms with Gasteiger partial charge in [-0.25, -0.2) is 0 Å². The molecule has 110 valence electrons. The van der Waals surface area contributed by atoms with Crippen LogP contribution in [0.15, 0.2) is 6.07 Å². The number of rotatable bonds is 1. The Hall–Kier alpha value is -1.63. The van der Waals surface area contributed by atoms with Crippen molar-refractivity contribution in [3.8, 4) is 17.2 Å². The third kappa shape index (κ3) is 1.88. The van der Waals surface area contributed by atoms with Crippen LogP contribution < -0.4 is 14.2 Å². The van der Waals surface area contributed by atoms with E-state index in [1.54, 1.807) is 6.07 Å². The van der Waals surface area contributed by atoms with E-state index in [0.717, 1.165) is 0 Å². The number of alkyl halides is 3. The van der Waals surface area contributed by atoms with Crippen molar-refractivity contribution in [3.63, 3.8) is 0 Å². The molecule has 2 aliphatic rings. The van der Waals surface area contributed by atoms with Gasteiger partial charge < -0.3 is 14.2 Å². The number of hydrogen-bond donors (Lipinski definition) is 0. The molecule has 2 aliphatic heterocycles. The molecule has 1 aromatic rings. The number of methoxy groups -OCH3 is 1. The molecule has 7 heteroatoms. The largest absolute Gasteiger partial charge is 0.492 e. The predicted molar refractivity (Wildman–Crippen MR) is 64.2 cm³/mol. The van der Waals surface area contributed by atoms with Crippen molar-refractivity contribution in [2.24, 2.45) is 0 Å². The summed E-state index contributed by atoms with van der Waals surface area (Å²) in [5, 5.41) is 0. The van der Waals surface area contributed by atoms with Crippen LogP contribution in [0.3, 0.4) is 0 Å². The first-order valence-corrected chi connectivity index (χ1v) is 6.19. The van der Waals surface area contributed by atoms with E-state index in [0.29, 0.717) is 24.3 Å². The first kappa shape index (κ1) is 13.4. The van der Waals surface area contributed by atoms with Gasteiger partial charge in [-0.1, -0.05) is 0 Å². The van der Waals surface area contributed by atoms with E-state index in [1.165, 1.54) is 19.1 Å². The van der Waals surface area contributed by atoms with Crippen LogP contribution in [-0.4, -0.2) is 38.6 Å². The van der Waals surface area contributed by atoms with Crippen LogP contribution in [0.5, 0.6) is 17.2 Å². The van der Waals surface area contributed by atoms with Crippen molar-refractivity contribution in [2.45, 2.75) is 18.6 Å². The molecule has 3 rings (SSSR count). The number of halogens is 3. The SMILES string of the molecule is COc1c2c(cc3c1[C@H](C(F)(F)F)N(C)CC3)OCO2. The van der Waals surface area contributed by atoms with Crippen molar-refractivity contribution in [3.05, 3.63) is 17.2 Å². The highest BCUT2D eigenvalue weighted by molar-refractivity contribution is 5.62. The average molecular weight is 289 g/mol. The number of nitrogens with zero attached hydrogens (tertiary/aromatic N) is 1. The number of hydrogen-bond acceptors (Lipinski definition) is 4. The van der Waals surface area contributed by atoms with Crippen LogP contribution in [0.25, 0.3) is 0 Å². The third-order valence-electron chi connectivity index (χ3n) is 3.71. The molecule has 1 aromatic carbocycles. The molecular weight excluding hydrogens is 275 g/mol. The number of ether oxygens (including phenoxy) is 3. The zero-order valence-corrected chi connectivity index (χ0v) is 11.1. The van der Waals surface area contributed by atoms with Gasteiger partial charge in [0.1, 0.15) is 6.04 Å². The van der Waals surface area contributed by atoms with E-state index in [4.69, 9.17) is 14.2 Å². The minimum absolute atomic E-state index is 0.00110. The molecule has 20 heavy (non-hydrogen) atoms. The molecule has 0 radical (unpaired) electrons. The molecule has 0 saturated heterocycles. The molecule has 0 bridgehead atoms. The van der Waals surface area contributed by atoms with Crippen LogP contribution >= 0.6 is 0 Å². The van der Waals surface area contributed by atoms with Gasteiger partial charge in [-0.05, 0) is 25.1 Å². The highest BCUT2D eigenvalue weighted by Crippen LogP contribution is 2.52. The molecule has 2 heterocycles. The van der Waals surface area contributed by atoms with Gasteiger partial charge in [0, 0.05) is 12.1 Å². The Labute approximate surface area is 114 Å². The number of benzene rings is 1. The number of fused-ring (bicyclic) bond motifs is 2. The molecular formula is C13H14F3NO3. The molecule has 0 fully saturated rings. The van der Waals surface area contributed by atoms with Gasteiger partial charge in [0.25, 0.3) is 0 Å². The highest BCUT2D eigenvalue weighted by atomic mass is 19.4. The van der Waals surface area contributed by atoms with Gasteiger partial charge in [0.15, 0.2) is 11.5 Å². The molecule has 0 saturated carbocycles. The Balaban J connectivity index is 2.23. The second kappa shape index (κ2) is 4.44. The Morgan fingerprint density at radius 3 is 2.75 bits per heavy atom. The van der Waals surface area contributed by atoms with Crippen molar-refractivity contribution >= 4 is 0 Å². The van der Waals surface area contributed by atoms with E-state index in [2.05, 4.69) is 0 Å². The summed E-state index contributed by atoms with van der Waals surface area (Å²) >= 11 is 0. The summed E-state index contributed by atoms with van der Waals surface area (Å²) in [7, 11) is 2.81. The van der Waals surface area contributed by atoms with Crippen LogP contribution in [0.4, 0.5) is 13.2 Å². The molecule has 0 N–H and O–H groups in total. The normalized spacial score (nSPS) is 21.8. The van der Waals surface area contributed by atoms with Gasteiger partial charge in [0.2, 0.25) is 12.5 Å². The number of likely N-dealkylation sites (N-methyl/N-ethyl adjacent to an activating group) is 1. The molecule has 0 spiro atoms. The van der Waals surface area contributed by atoms with Crippen LogP contribution in [0, 0.1) is 0 Å². The van der Waals surface area contributed by atoms with E-state index in [1.807, 2.05) is 0 Å². The Morgan fingerprint density at radius 1 is 1.35 bits per heavy atom. The lowest BCUT2D eigenvalue weighted by Gasteiger charge is -2.36. The van der Waals surface area contributed by atoms with Crippen molar-refractivity contribution in [2.75, 3.05) is 27.5 Å². The van der Waals surface area contributed by atoms with Gasteiger partial charge in [0.05, 0.1) is 7.11 Å². The summed E-state index contributed by atoms with van der Waals surface area (Å²) < 4.78 is 55.8. The first-order chi connectivity index (χ1) is 9.43. The molecule has 4 nitrogen and oxygen atoms in total. The summed E-state index contributed by atoms with van der Waals surface area (Å²) in [4.78, 5) is 1.28. The second-order valence-electron chi connectivity index (χ2n) is 4.89. The molecule has 0 unspecified atom stereocenters. The summed E-state index contributed by atoms with van der Waals surface area (Å²) in [5.74, 6) is 0.839. The zero-order valence-electron chi connectivity index (χ0n) is 11.1. The van der Waals surface area contributed by atoms with Crippen LogP contribution in [0.2, 0.25) is 0 Å². The van der Waals surface area contributed by atoms with Crippen molar-refractivity contribution in [1.82, 2.24) is 4.90 Å². The third-order valence-corrected chi connectivity index (χ3v) is 3.71. The molecule has 0 aromatic heterocycles. The smallest absolute Gasteiger partial charge is 0.408 e. The Bertz CT molecular complexity index is 545. The van der Waals surface area contributed by atoms with Crippen molar-refractivity contribution < 1.29 is 27.4 Å². The maximum absolute atomic E-state index is 13.4. The average Bonchev–Trinajstić information content (AvgIpc) is 2.82. The summed E-state index contributed by atoms with van der Waals surface area (Å²) in [5.41, 5.74) is 0.740. The van der Waals surface area contributed by atoms with E-state index in [-0.39, 0.29) is 23.9 Å². The van der Waals surface area contributed by atoms with Gasteiger partial charge >= 0.3 is 6.18 Å². The fourth-order valence-electron chi connectivity index (χ4n) is 2.85. The quantitative estimate of drug-likeness (QED) is 0.795. The topological polar surface area (TPSA) is 30.9 Å². The van der Waals surface area contributed by atoms with Crippen molar-refractivity contribution in [1.29, 1.82) is 0 Å². The minimum Gasteiger partial charge on any atom is -0.492 e. The standard InChI is InChI=1S/C13H14F3NO3/c1-17-4-3-7-5-8-10(20-6-19-8)11(18-2)9(7)12(17)13(14,15)16/h5,12H,3-4,6H2,1-2H3/t12-/m1/s1. The summed E-state index contributed by atoms with van der Waals surface area (Å²) in [6.07, 6.45) is -3.85. The zero-order chi connectivity index (χ0) is 14.5. The van der Waals surface area contributed by atoms with Gasteiger partial charge in [-0.2, -0.15) is 13.2 Å². The fourth-order valence-corrected chi connectivity index (χ4v) is 2.85. The van der Waals surface area contributed by atoms with Gasteiger partial charge in [-0.3, -0.25) is 4.90 Å². The maximum atomic E-state index is 13.4. The fraction of sp³-hybridized carbons (Fsp3) is 0.538. The monoisotopic (exact) mass is 289 g/mol. The van der Waals surface area contributed by atoms with Crippen LogP contribution in [-0.2, 0) is 6.42 Å². The lowest BCUT2D eigenvalue weighted by atomic mass is 9.91. The van der Waals surface area contributed by atoms with Gasteiger partial charge in [-0.15, -0.1) is 0 Å². The summed E-state index contributed by atoms with van der Waals surface area (Å²) in [6.45, 7) is 0.334. The van der Waals surface area contributed by atoms with E-state index >= 15 is 0 Å². The lowest BCUT2D eigenvalue weighted by molar-refractivity contribution is -0.185. The first-order valence-electron chi connectivity index (χ1n) is 6.19. The van der Waals surface area contributed by atoms with E-state index in [9.17, 15) is 13.2 Å². The predicted octanol–water partition coefficient (Wildman–Crippen LogP) is 2.52.